The van der Waals surface area contributed by atoms with E-state index in [0.717, 1.165) is 10.8 Å². The van der Waals surface area contributed by atoms with E-state index in [-0.39, 0.29) is 28.9 Å². The van der Waals surface area contributed by atoms with E-state index in [0.29, 0.717) is 19.4 Å². The van der Waals surface area contributed by atoms with Crippen molar-refractivity contribution in [3.8, 4) is 5.75 Å². The Kier molecular flexibility index (Phi) is 5.88. The third-order valence-corrected chi connectivity index (χ3v) is 6.60. The molecule has 1 amide bonds. The number of benzene rings is 2. The summed E-state index contributed by atoms with van der Waals surface area (Å²) in [6.45, 7) is 1.79. The first-order valence-electron chi connectivity index (χ1n) is 9.19. The third-order valence-electron chi connectivity index (χ3n) is 4.84. The highest BCUT2D eigenvalue weighted by Gasteiger charge is 2.34. The first-order valence-corrected chi connectivity index (χ1v) is 11.0. The number of carbonyl (C=O) groups excluding carboxylic acids is 2. The molecule has 3 rings (SSSR count). The Hall–Kier alpha value is -2.61. The number of carbonyl (C=O) groups is 2. The van der Waals surface area contributed by atoms with E-state index in [1.807, 2.05) is 25.1 Å². The molecule has 1 N–H and O–H groups in total. The van der Waals surface area contributed by atoms with Crippen molar-refractivity contribution in [2.24, 2.45) is 0 Å². The lowest BCUT2D eigenvalue weighted by atomic mass is 10.1. The maximum Gasteiger partial charge on any atom is 0.342 e. The van der Waals surface area contributed by atoms with Crippen molar-refractivity contribution in [1.29, 1.82) is 0 Å². The van der Waals surface area contributed by atoms with Crippen LogP contribution in [-0.4, -0.2) is 61.0 Å². The quantitative estimate of drug-likeness (QED) is 0.739. The van der Waals surface area contributed by atoms with Crippen LogP contribution < -0.4 is 0 Å². The topological polar surface area (TPSA) is 101 Å². The summed E-state index contributed by atoms with van der Waals surface area (Å²) in [6, 6.07) is 9.86. The summed E-state index contributed by atoms with van der Waals surface area (Å²) >= 11 is 0. The Labute approximate surface area is 163 Å². The van der Waals surface area contributed by atoms with Gasteiger partial charge in [-0.1, -0.05) is 31.2 Å². The van der Waals surface area contributed by atoms with Crippen molar-refractivity contribution in [2.75, 3.05) is 24.7 Å². The Bertz CT molecular complexity index is 1000. The predicted molar refractivity (Wildman–Crippen MR) is 105 cm³/mol. The van der Waals surface area contributed by atoms with E-state index in [4.69, 9.17) is 4.74 Å². The van der Waals surface area contributed by atoms with E-state index >= 15 is 0 Å². The van der Waals surface area contributed by atoms with Crippen LogP contribution in [0.3, 0.4) is 0 Å². The summed E-state index contributed by atoms with van der Waals surface area (Å²) < 4.78 is 28.6. The van der Waals surface area contributed by atoms with Crippen molar-refractivity contribution < 1.29 is 27.9 Å². The molecular formula is C20H23NO6S. The van der Waals surface area contributed by atoms with E-state index in [9.17, 15) is 23.1 Å². The molecular weight excluding hydrogens is 382 g/mol. The predicted octanol–water partition coefficient (Wildman–Crippen LogP) is 2.13. The number of amides is 1. The van der Waals surface area contributed by atoms with Crippen molar-refractivity contribution in [2.45, 2.75) is 25.8 Å². The molecule has 0 radical (unpaired) electrons. The average molecular weight is 405 g/mol. The molecule has 0 saturated carbocycles. The number of aromatic hydroxyl groups is 1. The molecule has 150 valence electrons. The molecule has 1 saturated heterocycles. The van der Waals surface area contributed by atoms with E-state index < -0.39 is 28.3 Å². The summed E-state index contributed by atoms with van der Waals surface area (Å²) in [4.78, 5) is 26.4. The fraction of sp³-hybridized carbons (Fsp3) is 0.400. The second-order valence-electron chi connectivity index (χ2n) is 6.94. The molecule has 2 aromatic carbocycles. The molecule has 0 aromatic heterocycles. The van der Waals surface area contributed by atoms with Crippen LogP contribution in [0, 0.1) is 0 Å². The van der Waals surface area contributed by atoms with Gasteiger partial charge in [-0.15, -0.1) is 0 Å². The second kappa shape index (κ2) is 8.18. The van der Waals surface area contributed by atoms with Gasteiger partial charge in [0.1, 0.15) is 11.3 Å². The van der Waals surface area contributed by atoms with Gasteiger partial charge in [0.25, 0.3) is 5.91 Å². The monoisotopic (exact) mass is 405 g/mol. The van der Waals surface area contributed by atoms with E-state index in [1.54, 1.807) is 6.07 Å². The number of phenolic OH excluding ortho intramolecular Hbond substituents is 1. The third kappa shape index (κ3) is 4.44. The highest BCUT2D eigenvalue weighted by molar-refractivity contribution is 7.91. The summed E-state index contributed by atoms with van der Waals surface area (Å²) in [6.07, 6.45) is 1.06. The van der Waals surface area contributed by atoms with Crippen LogP contribution in [0.15, 0.2) is 36.4 Å². The van der Waals surface area contributed by atoms with Crippen molar-refractivity contribution in [1.82, 2.24) is 4.90 Å². The minimum absolute atomic E-state index is 0.0167. The molecule has 1 heterocycles. The Morgan fingerprint density at radius 3 is 2.50 bits per heavy atom. The Balaban J connectivity index is 1.69. The fourth-order valence-electron chi connectivity index (χ4n) is 3.45. The van der Waals surface area contributed by atoms with Gasteiger partial charge in [-0.2, -0.15) is 0 Å². The van der Waals surface area contributed by atoms with Crippen LogP contribution in [0.25, 0.3) is 10.8 Å². The Morgan fingerprint density at radius 1 is 1.21 bits per heavy atom. The smallest absolute Gasteiger partial charge is 0.342 e. The lowest BCUT2D eigenvalue weighted by Crippen LogP contribution is -2.43. The van der Waals surface area contributed by atoms with E-state index in [1.165, 1.54) is 17.0 Å². The first kappa shape index (κ1) is 20.1. The first-order chi connectivity index (χ1) is 13.3. The number of sulfone groups is 1. The fourth-order valence-corrected chi connectivity index (χ4v) is 5.18. The molecule has 0 aliphatic carbocycles. The summed E-state index contributed by atoms with van der Waals surface area (Å²) in [5.41, 5.74) is -0.0167. The SMILES string of the molecule is CCCN(C(=O)COC(=O)c1cc2ccccc2cc1O)[C@H]1CCS(=O)(=O)C1. The van der Waals surface area contributed by atoms with Gasteiger partial charge in [-0.3, -0.25) is 4.79 Å². The summed E-state index contributed by atoms with van der Waals surface area (Å²) in [7, 11) is -3.13. The molecule has 0 spiro atoms. The molecule has 1 aliphatic heterocycles. The summed E-state index contributed by atoms with van der Waals surface area (Å²) in [5, 5.41) is 11.7. The molecule has 8 heteroatoms. The van der Waals surface area contributed by atoms with Crippen molar-refractivity contribution >= 4 is 32.5 Å². The highest BCUT2D eigenvalue weighted by Crippen LogP contribution is 2.25. The standard InChI is InChI=1S/C20H23NO6S/c1-2-8-21(16-7-9-28(25,26)13-16)19(23)12-27-20(24)17-10-14-5-3-4-6-15(14)11-18(17)22/h3-6,10-11,16,22H,2,7-9,12-13H2,1H3/t16-/m0/s1. The maximum absolute atomic E-state index is 12.6. The summed E-state index contributed by atoms with van der Waals surface area (Å²) in [5.74, 6) is -1.44. The van der Waals surface area contributed by atoms with Gasteiger partial charge in [0.05, 0.1) is 11.5 Å². The van der Waals surface area contributed by atoms with Gasteiger partial charge in [0, 0.05) is 12.6 Å². The molecule has 0 bridgehead atoms. The number of hydrogen-bond acceptors (Lipinski definition) is 6. The molecule has 1 atom stereocenters. The molecule has 1 aliphatic rings. The minimum Gasteiger partial charge on any atom is -0.507 e. The van der Waals surface area contributed by atoms with Gasteiger partial charge in [0.2, 0.25) is 0 Å². The normalized spacial score (nSPS) is 18.1. The van der Waals surface area contributed by atoms with Crippen LogP contribution in [-0.2, 0) is 19.4 Å². The van der Waals surface area contributed by atoms with Gasteiger partial charge in [0.15, 0.2) is 16.4 Å². The molecule has 7 nitrogen and oxygen atoms in total. The molecule has 0 unspecified atom stereocenters. The zero-order valence-corrected chi connectivity index (χ0v) is 16.4. The highest BCUT2D eigenvalue weighted by atomic mass is 32.2. The van der Waals surface area contributed by atoms with Gasteiger partial charge in [-0.25, -0.2) is 13.2 Å². The Morgan fingerprint density at radius 2 is 1.89 bits per heavy atom. The van der Waals surface area contributed by atoms with Crippen LogP contribution >= 0.6 is 0 Å². The maximum atomic E-state index is 12.6. The average Bonchev–Trinajstić information content (AvgIpc) is 3.02. The molecule has 1 fully saturated rings. The zero-order chi connectivity index (χ0) is 20.3. The largest absolute Gasteiger partial charge is 0.507 e. The minimum atomic E-state index is -3.13. The molecule has 2 aromatic rings. The zero-order valence-electron chi connectivity index (χ0n) is 15.6. The van der Waals surface area contributed by atoms with Crippen LogP contribution in [0.2, 0.25) is 0 Å². The second-order valence-corrected chi connectivity index (χ2v) is 9.17. The van der Waals surface area contributed by atoms with Gasteiger partial charge < -0.3 is 14.7 Å². The number of phenols is 1. The van der Waals surface area contributed by atoms with Crippen LogP contribution in [0.1, 0.15) is 30.1 Å². The van der Waals surface area contributed by atoms with Gasteiger partial charge >= 0.3 is 5.97 Å². The van der Waals surface area contributed by atoms with Crippen LogP contribution in [0.4, 0.5) is 0 Å². The van der Waals surface area contributed by atoms with Crippen molar-refractivity contribution in [3.05, 3.63) is 42.0 Å². The number of esters is 1. The lowest BCUT2D eigenvalue weighted by molar-refractivity contribution is -0.136. The van der Waals surface area contributed by atoms with E-state index in [2.05, 4.69) is 0 Å². The number of nitrogens with zero attached hydrogens (tertiary/aromatic N) is 1. The van der Waals surface area contributed by atoms with Crippen LogP contribution in [0.5, 0.6) is 5.75 Å². The number of fused-ring (bicyclic) bond motifs is 1. The molecule has 28 heavy (non-hydrogen) atoms. The van der Waals surface area contributed by atoms with Crippen molar-refractivity contribution in [3.63, 3.8) is 0 Å². The number of ether oxygens (including phenoxy) is 1. The number of hydrogen-bond donors (Lipinski definition) is 1. The van der Waals surface area contributed by atoms with Gasteiger partial charge in [-0.05, 0) is 35.7 Å². The number of rotatable bonds is 6. The lowest BCUT2D eigenvalue weighted by Gasteiger charge is -2.27.